The SMILES string of the molecule is COC(=O)CN(C)C(=O)c1ccc2c(c1)CCCN2. The molecule has 0 saturated carbocycles. The van der Waals surface area contributed by atoms with Gasteiger partial charge in [0.05, 0.1) is 7.11 Å². The lowest BCUT2D eigenvalue weighted by Crippen LogP contribution is -2.32. The van der Waals surface area contributed by atoms with E-state index in [0.717, 1.165) is 30.6 Å². The second-order valence-corrected chi connectivity index (χ2v) is 4.64. The molecule has 0 aromatic heterocycles. The molecule has 1 aromatic carbocycles. The second kappa shape index (κ2) is 5.73. The summed E-state index contributed by atoms with van der Waals surface area (Å²) in [5.41, 5.74) is 2.86. The minimum absolute atomic E-state index is 0.0370. The van der Waals surface area contributed by atoms with Crippen molar-refractivity contribution in [3.05, 3.63) is 29.3 Å². The number of likely N-dealkylation sites (N-methyl/N-ethyl adjacent to an activating group) is 1. The number of rotatable bonds is 3. The summed E-state index contributed by atoms with van der Waals surface area (Å²) in [5, 5.41) is 3.30. The van der Waals surface area contributed by atoms with Crippen LogP contribution in [0.1, 0.15) is 22.3 Å². The number of aryl methyl sites for hydroxylation is 1. The van der Waals surface area contributed by atoms with Crippen LogP contribution in [0.15, 0.2) is 18.2 Å². The van der Waals surface area contributed by atoms with Gasteiger partial charge in [-0.1, -0.05) is 0 Å². The number of nitrogens with one attached hydrogen (secondary N) is 1. The van der Waals surface area contributed by atoms with Gasteiger partial charge in [0.15, 0.2) is 0 Å². The molecule has 5 nitrogen and oxygen atoms in total. The van der Waals surface area contributed by atoms with Gasteiger partial charge in [-0.25, -0.2) is 0 Å². The zero-order chi connectivity index (χ0) is 13.8. The molecule has 1 aromatic rings. The Kier molecular flexibility index (Phi) is 4.04. The van der Waals surface area contributed by atoms with Crippen LogP contribution in [0.25, 0.3) is 0 Å². The first-order valence-corrected chi connectivity index (χ1v) is 6.31. The summed E-state index contributed by atoms with van der Waals surface area (Å²) < 4.78 is 4.55. The molecule has 0 atom stereocenters. The summed E-state index contributed by atoms with van der Waals surface area (Å²) in [7, 11) is 2.90. The Hall–Kier alpha value is -2.04. The van der Waals surface area contributed by atoms with Crippen LogP contribution in [0.5, 0.6) is 0 Å². The van der Waals surface area contributed by atoms with Gasteiger partial charge >= 0.3 is 5.97 Å². The van der Waals surface area contributed by atoms with Crippen LogP contribution in [0.2, 0.25) is 0 Å². The molecule has 1 amide bonds. The van der Waals surface area contributed by atoms with E-state index in [1.165, 1.54) is 12.0 Å². The number of anilines is 1. The molecular formula is C14H18N2O3. The van der Waals surface area contributed by atoms with Crippen LogP contribution in [-0.4, -0.2) is 44.0 Å². The molecule has 0 fully saturated rings. The van der Waals surface area contributed by atoms with E-state index >= 15 is 0 Å². The Balaban J connectivity index is 2.12. The highest BCUT2D eigenvalue weighted by molar-refractivity contribution is 5.96. The number of methoxy groups -OCH3 is 1. The number of benzene rings is 1. The first-order chi connectivity index (χ1) is 9.11. The van der Waals surface area contributed by atoms with E-state index in [-0.39, 0.29) is 12.5 Å². The molecule has 0 unspecified atom stereocenters. The third-order valence-corrected chi connectivity index (χ3v) is 3.23. The minimum atomic E-state index is -0.421. The highest BCUT2D eigenvalue weighted by Crippen LogP contribution is 2.23. The smallest absolute Gasteiger partial charge is 0.325 e. The van der Waals surface area contributed by atoms with Gasteiger partial charge in [-0.05, 0) is 36.6 Å². The van der Waals surface area contributed by atoms with E-state index in [1.807, 2.05) is 12.1 Å². The average molecular weight is 262 g/mol. The maximum Gasteiger partial charge on any atom is 0.325 e. The van der Waals surface area contributed by atoms with Crippen LogP contribution < -0.4 is 5.32 Å². The molecule has 1 aliphatic rings. The van der Waals surface area contributed by atoms with Gasteiger partial charge in [0, 0.05) is 24.8 Å². The molecule has 2 rings (SSSR count). The number of hydrogen-bond donors (Lipinski definition) is 1. The molecule has 0 bridgehead atoms. The minimum Gasteiger partial charge on any atom is -0.468 e. The lowest BCUT2D eigenvalue weighted by atomic mass is 10.0. The van der Waals surface area contributed by atoms with E-state index in [1.54, 1.807) is 13.1 Å². The second-order valence-electron chi connectivity index (χ2n) is 4.64. The molecule has 1 aliphatic heterocycles. The predicted molar refractivity (Wildman–Crippen MR) is 72.2 cm³/mol. The maximum absolute atomic E-state index is 12.2. The van der Waals surface area contributed by atoms with Crippen molar-refractivity contribution in [3.63, 3.8) is 0 Å². The largest absolute Gasteiger partial charge is 0.468 e. The molecule has 19 heavy (non-hydrogen) atoms. The van der Waals surface area contributed by atoms with Crippen LogP contribution in [0.3, 0.4) is 0 Å². The van der Waals surface area contributed by atoms with E-state index in [2.05, 4.69) is 10.1 Å². The summed E-state index contributed by atoms with van der Waals surface area (Å²) in [6.45, 7) is 0.938. The molecule has 102 valence electrons. The lowest BCUT2D eigenvalue weighted by Gasteiger charge is -2.20. The van der Waals surface area contributed by atoms with Gasteiger partial charge in [0.2, 0.25) is 0 Å². The van der Waals surface area contributed by atoms with Crippen molar-refractivity contribution in [2.45, 2.75) is 12.8 Å². The summed E-state index contributed by atoms with van der Waals surface area (Å²) in [6, 6.07) is 5.61. The summed E-state index contributed by atoms with van der Waals surface area (Å²) in [6.07, 6.45) is 2.05. The lowest BCUT2D eigenvalue weighted by molar-refractivity contribution is -0.141. The third-order valence-electron chi connectivity index (χ3n) is 3.23. The van der Waals surface area contributed by atoms with Gasteiger partial charge in [-0.15, -0.1) is 0 Å². The van der Waals surface area contributed by atoms with Gasteiger partial charge < -0.3 is 15.0 Å². The normalized spacial score (nSPS) is 13.2. The van der Waals surface area contributed by atoms with Crippen molar-refractivity contribution < 1.29 is 14.3 Å². The molecule has 0 saturated heterocycles. The average Bonchev–Trinajstić information content (AvgIpc) is 2.45. The van der Waals surface area contributed by atoms with Crippen molar-refractivity contribution in [3.8, 4) is 0 Å². The zero-order valence-electron chi connectivity index (χ0n) is 11.2. The van der Waals surface area contributed by atoms with Gasteiger partial charge in [-0.2, -0.15) is 0 Å². The van der Waals surface area contributed by atoms with Gasteiger partial charge in [-0.3, -0.25) is 9.59 Å². The van der Waals surface area contributed by atoms with Crippen LogP contribution in [-0.2, 0) is 16.0 Å². The topological polar surface area (TPSA) is 58.6 Å². The molecule has 1 heterocycles. The Morgan fingerprint density at radius 2 is 2.21 bits per heavy atom. The fourth-order valence-corrected chi connectivity index (χ4v) is 2.16. The molecular weight excluding hydrogens is 244 g/mol. The fourth-order valence-electron chi connectivity index (χ4n) is 2.16. The number of hydrogen-bond acceptors (Lipinski definition) is 4. The number of carbonyl (C=O) groups is 2. The number of fused-ring (bicyclic) bond motifs is 1. The zero-order valence-corrected chi connectivity index (χ0v) is 11.2. The maximum atomic E-state index is 12.2. The number of esters is 1. The number of carbonyl (C=O) groups excluding carboxylic acids is 2. The quantitative estimate of drug-likeness (QED) is 0.834. The molecule has 5 heteroatoms. The predicted octanol–water partition coefficient (Wildman–Crippen LogP) is 1.29. The Morgan fingerprint density at radius 1 is 1.42 bits per heavy atom. The Labute approximate surface area is 112 Å². The van der Waals surface area contributed by atoms with Crippen LogP contribution in [0, 0.1) is 0 Å². The first-order valence-electron chi connectivity index (χ1n) is 6.31. The summed E-state index contributed by atoms with van der Waals surface area (Å²) in [4.78, 5) is 24.7. The summed E-state index contributed by atoms with van der Waals surface area (Å²) in [5.74, 6) is -0.589. The van der Waals surface area contributed by atoms with E-state index in [9.17, 15) is 9.59 Å². The van der Waals surface area contributed by atoms with Gasteiger partial charge in [0.25, 0.3) is 5.91 Å². The van der Waals surface area contributed by atoms with E-state index in [0.29, 0.717) is 5.56 Å². The van der Waals surface area contributed by atoms with E-state index < -0.39 is 5.97 Å². The summed E-state index contributed by atoms with van der Waals surface area (Å²) >= 11 is 0. The van der Waals surface area contributed by atoms with Crippen LogP contribution >= 0.6 is 0 Å². The van der Waals surface area contributed by atoms with Gasteiger partial charge in [0.1, 0.15) is 6.54 Å². The highest BCUT2D eigenvalue weighted by atomic mass is 16.5. The monoisotopic (exact) mass is 262 g/mol. The molecule has 1 N–H and O–H groups in total. The number of nitrogens with zero attached hydrogens (tertiary/aromatic N) is 1. The van der Waals surface area contributed by atoms with Crippen LogP contribution in [0.4, 0.5) is 5.69 Å². The molecule has 0 radical (unpaired) electrons. The highest BCUT2D eigenvalue weighted by Gasteiger charge is 2.17. The fraction of sp³-hybridized carbons (Fsp3) is 0.429. The van der Waals surface area contributed by atoms with Crippen molar-refractivity contribution in [2.75, 3.05) is 32.6 Å². The Morgan fingerprint density at radius 3 is 2.95 bits per heavy atom. The standard InChI is InChI=1S/C14H18N2O3/c1-16(9-13(17)19-2)14(18)11-5-6-12-10(8-11)4-3-7-15-12/h5-6,8,15H,3-4,7,9H2,1-2H3. The molecule has 0 aliphatic carbocycles. The number of ether oxygens (including phenoxy) is 1. The first kappa shape index (κ1) is 13.4. The van der Waals surface area contributed by atoms with Crippen molar-refractivity contribution in [1.29, 1.82) is 0 Å². The van der Waals surface area contributed by atoms with Crippen molar-refractivity contribution >= 4 is 17.6 Å². The van der Waals surface area contributed by atoms with Crippen molar-refractivity contribution in [1.82, 2.24) is 4.90 Å². The third kappa shape index (κ3) is 3.05. The molecule has 0 spiro atoms. The Bertz CT molecular complexity index is 499. The van der Waals surface area contributed by atoms with Crippen molar-refractivity contribution in [2.24, 2.45) is 0 Å². The number of amides is 1. The van der Waals surface area contributed by atoms with E-state index in [4.69, 9.17) is 0 Å².